The highest BCUT2D eigenvalue weighted by molar-refractivity contribution is 5.67. The van der Waals surface area contributed by atoms with Crippen molar-refractivity contribution in [2.75, 3.05) is 13.1 Å². The molecule has 0 saturated heterocycles. The first kappa shape index (κ1) is 36.4. The van der Waals surface area contributed by atoms with E-state index in [0.29, 0.717) is 6.42 Å². The monoisotopic (exact) mass is 524 g/mol. The summed E-state index contributed by atoms with van der Waals surface area (Å²) in [5.74, 6) is -0.632. The Bertz CT molecular complexity index is 425. The molecule has 0 aromatic heterocycles. The van der Waals surface area contributed by atoms with Crippen LogP contribution in [0.4, 0.5) is 0 Å². The van der Waals surface area contributed by atoms with Crippen molar-refractivity contribution in [3.05, 3.63) is 0 Å². The average Bonchev–Trinajstić information content (AvgIpc) is 2.88. The Morgan fingerprint density at radius 1 is 0.486 bits per heavy atom. The van der Waals surface area contributed by atoms with Crippen LogP contribution in [0.25, 0.3) is 0 Å². The van der Waals surface area contributed by atoms with Crippen LogP contribution in [-0.4, -0.2) is 35.1 Å². The lowest BCUT2D eigenvalue weighted by atomic mass is 10.0. The highest BCUT2D eigenvalue weighted by atomic mass is 16.4. The second-order valence-corrected chi connectivity index (χ2v) is 11.9. The molecule has 0 amide bonds. The lowest BCUT2D eigenvalue weighted by Crippen LogP contribution is -2.38. The van der Waals surface area contributed by atoms with Gasteiger partial charge in [-0.3, -0.25) is 9.69 Å². The van der Waals surface area contributed by atoms with Gasteiger partial charge in [-0.05, 0) is 32.4 Å². The lowest BCUT2D eigenvalue weighted by molar-refractivity contribution is -0.138. The van der Waals surface area contributed by atoms with E-state index in [4.69, 9.17) is 0 Å². The second kappa shape index (κ2) is 30.0. The van der Waals surface area contributed by atoms with Gasteiger partial charge in [-0.25, -0.2) is 0 Å². The number of hydrogen-bond donors (Lipinski definition) is 1. The lowest BCUT2D eigenvalue weighted by Gasteiger charge is -2.31. The molecule has 0 aromatic rings. The van der Waals surface area contributed by atoms with Gasteiger partial charge in [0.1, 0.15) is 0 Å². The van der Waals surface area contributed by atoms with Crippen molar-refractivity contribution in [3.8, 4) is 0 Å². The summed E-state index contributed by atoms with van der Waals surface area (Å²) in [6, 6.07) is 0.225. The normalized spacial score (nSPS) is 12.4. The van der Waals surface area contributed by atoms with Gasteiger partial charge in [0.15, 0.2) is 0 Å². The number of hydrogen-bond acceptors (Lipinski definition) is 2. The summed E-state index contributed by atoms with van der Waals surface area (Å²) < 4.78 is 0. The fraction of sp³-hybridized carbons (Fsp3) is 0.971. The predicted octanol–water partition coefficient (Wildman–Crippen LogP) is 11.3. The molecule has 0 heterocycles. The van der Waals surface area contributed by atoms with Crippen LogP contribution in [0, 0.1) is 0 Å². The van der Waals surface area contributed by atoms with Gasteiger partial charge >= 0.3 is 5.97 Å². The van der Waals surface area contributed by atoms with Gasteiger partial charge in [0.25, 0.3) is 0 Å². The molecular weight excluding hydrogens is 454 g/mol. The van der Waals surface area contributed by atoms with Gasteiger partial charge in [0.05, 0.1) is 6.42 Å². The van der Waals surface area contributed by atoms with Gasteiger partial charge in [0, 0.05) is 6.04 Å². The Morgan fingerprint density at radius 3 is 1.05 bits per heavy atom. The van der Waals surface area contributed by atoms with Gasteiger partial charge in [-0.1, -0.05) is 168 Å². The molecule has 3 nitrogen and oxygen atoms in total. The summed E-state index contributed by atoms with van der Waals surface area (Å²) in [6.07, 6.45) is 35.4. The summed E-state index contributed by atoms with van der Waals surface area (Å²) >= 11 is 0. The van der Waals surface area contributed by atoms with E-state index in [1.54, 1.807) is 0 Å². The zero-order chi connectivity index (χ0) is 27.2. The number of carbonyl (C=O) groups is 1. The molecular formula is C34H69NO2. The summed E-state index contributed by atoms with van der Waals surface area (Å²) in [6.45, 7) is 8.95. The third kappa shape index (κ3) is 26.8. The molecule has 0 rings (SSSR count). The Labute approximate surface area is 233 Å². The van der Waals surface area contributed by atoms with Crippen LogP contribution >= 0.6 is 0 Å². The number of aliphatic carboxylic acids is 1. The predicted molar refractivity (Wildman–Crippen MR) is 165 cm³/mol. The Kier molecular flexibility index (Phi) is 29.5. The topological polar surface area (TPSA) is 40.5 Å². The smallest absolute Gasteiger partial charge is 0.304 e. The molecule has 0 fully saturated rings. The summed E-state index contributed by atoms with van der Waals surface area (Å²) in [4.78, 5) is 14.1. The van der Waals surface area contributed by atoms with Crippen molar-refractivity contribution in [2.24, 2.45) is 0 Å². The quantitative estimate of drug-likeness (QED) is 0.0918. The zero-order valence-corrected chi connectivity index (χ0v) is 25.9. The molecule has 0 bridgehead atoms. The van der Waals surface area contributed by atoms with Crippen molar-refractivity contribution >= 4 is 5.97 Å². The van der Waals surface area contributed by atoms with Crippen LogP contribution in [0.15, 0.2) is 0 Å². The van der Waals surface area contributed by atoms with E-state index >= 15 is 0 Å². The summed E-state index contributed by atoms with van der Waals surface area (Å²) in [5.41, 5.74) is 0. The van der Waals surface area contributed by atoms with E-state index in [0.717, 1.165) is 25.9 Å². The van der Waals surface area contributed by atoms with E-state index in [9.17, 15) is 9.90 Å². The SMILES string of the molecule is CCCCCCCCCCCCCCN(CCCCCCCCCCCCCC)C(CCC)CC(=O)O. The number of rotatable bonds is 31. The number of carboxylic acids is 1. The highest BCUT2D eigenvalue weighted by Crippen LogP contribution is 2.17. The van der Waals surface area contributed by atoms with Crippen LogP contribution in [0.2, 0.25) is 0 Å². The minimum atomic E-state index is -0.632. The third-order valence-corrected chi connectivity index (χ3v) is 8.15. The van der Waals surface area contributed by atoms with Crippen LogP contribution in [-0.2, 0) is 4.79 Å². The van der Waals surface area contributed by atoms with Crippen molar-refractivity contribution in [2.45, 2.75) is 200 Å². The zero-order valence-electron chi connectivity index (χ0n) is 25.9. The molecule has 222 valence electrons. The average molecular weight is 524 g/mol. The largest absolute Gasteiger partial charge is 0.481 e. The fourth-order valence-corrected chi connectivity index (χ4v) is 5.74. The maximum atomic E-state index is 11.5. The molecule has 0 radical (unpaired) electrons. The van der Waals surface area contributed by atoms with E-state index in [-0.39, 0.29) is 6.04 Å². The maximum Gasteiger partial charge on any atom is 0.304 e. The van der Waals surface area contributed by atoms with Crippen LogP contribution in [0.5, 0.6) is 0 Å². The number of nitrogens with zero attached hydrogens (tertiary/aromatic N) is 1. The fourth-order valence-electron chi connectivity index (χ4n) is 5.74. The first-order valence-corrected chi connectivity index (χ1v) is 17.1. The Hall–Kier alpha value is -0.570. The van der Waals surface area contributed by atoms with Gasteiger partial charge < -0.3 is 5.11 Å². The molecule has 1 unspecified atom stereocenters. The van der Waals surface area contributed by atoms with Gasteiger partial charge in [0.2, 0.25) is 0 Å². The summed E-state index contributed by atoms with van der Waals surface area (Å²) in [5, 5.41) is 9.48. The van der Waals surface area contributed by atoms with Gasteiger partial charge in [-0.2, -0.15) is 0 Å². The van der Waals surface area contributed by atoms with Crippen molar-refractivity contribution in [1.29, 1.82) is 0 Å². The summed E-state index contributed by atoms with van der Waals surface area (Å²) in [7, 11) is 0. The molecule has 3 heteroatoms. The molecule has 1 N–H and O–H groups in total. The first-order valence-electron chi connectivity index (χ1n) is 17.1. The van der Waals surface area contributed by atoms with Crippen molar-refractivity contribution < 1.29 is 9.90 Å². The van der Waals surface area contributed by atoms with Crippen LogP contribution < -0.4 is 0 Å². The van der Waals surface area contributed by atoms with E-state index < -0.39 is 5.97 Å². The number of carboxylic acid groups (broad SMARTS) is 1. The highest BCUT2D eigenvalue weighted by Gasteiger charge is 2.20. The van der Waals surface area contributed by atoms with E-state index in [2.05, 4.69) is 25.7 Å². The molecule has 0 aliphatic heterocycles. The van der Waals surface area contributed by atoms with Crippen LogP contribution in [0.1, 0.15) is 194 Å². The molecule has 0 aromatic carbocycles. The minimum Gasteiger partial charge on any atom is -0.481 e. The first-order chi connectivity index (χ1) is 18.2. The Balaban J connectivity index is 4.02. The number of unbranched alkanes of at least 4 members (excludes halogenated alkanes) is 22. The van der Waals surface area contributed by atoms with E-state index in [1.807, 2.05) is 0 Å². The molecule has 0 aliphatic rings. The molecule has 0 aliphatic carbocycles. The molecule has 1 atom stereocenters. The van der Waals surface area contributed by atoms with Crippen molar-refractivity contribution in [1.82, 2.24) is 4.90 Å². The Morgan fingerprint density at radius 2 is 0.784 bits per heavy atom. The molecule has 37 heavy (non-hydrogen) atoms. The minimum absolute atomic E-state index is 0.225. The second-order valence-electron chi connectivity index (χ2n) is 11.9. The third-order valence-electron chi connectivity index (χ3n) is 8.15. The van der Waals surface area contributed by atoms with E-state index in [1.165, 1.54) is 154 Å². The molecule has 0 saturated carbocycles. The van der Waals surface area contributed by atoms with Gasteiger partial charge in [-0.15, -0.1) is 0 Å². The van der Waals surface area contributed by atoms with Crippen LogP contribution in [0.3, 0.4) is 0 Å². The maximum absolute atomic E-state index is 11.5. The molecule has 0 spiro atoms. The standard InChI is InChI=1S/C34H69NO2/c1-4-7-9-11-13-15-17-19-21-23-25-27-30-35(33(29-6-3)32-34(36)37)31-28-26-24-22-20-18-16-14-12-10-8-5-2/h33H,4-32H2,1-3H3,(H,36,37). The van der Waals surface area contributed by atoms with Crippen molar-refractivity contribution in [3.63, 3.8) is 0 Å².